The molecular formula is C57H109NO5. The van der Waals surface area contributed by atoms with Gasteiger partial charge in [-0.05, 0) is 57.8 Å². The van der Waals surface area contributed by atoms with Gasteiger partial charge in [0, 0.05) is 12.8 Å². The Morgan fingerprint density at radius 3 is 1.13 bits per heavy atom. The van der Waals surface area contributed by atoms with Crippen LogP contribution in [0.5, 0.6) is 0 Å². The Labute approximate surface area is 392 Å². The van der Waals surface area contributed by atoms with Crippen LogP contribution >= 0.6 is 0 Å². The molecule has 372 valence electrons. The van der Waals surface area contributed by atoms with E-state index in [1.807, 2.05) is 6.08 Å². The Morgan fingerprint density at radius 2 is 0.746 bits per heavy atom. The molecule has 0 rings (SSSR count). The number of unbranched alkanes of at least 4 members (excludes halogenated alkanes) is 39. The van der Waals surface area contributed by atoms with Gasteiger partial charge < -0.3 is 20.3 Å². The standard InChI is InChI=1S/C57H109NO5/c1-3-5-7-9-11-13-15-16-17-18-19-20-24-27-31-35-39-43-47-51-57(62)63-52-48-44-40-36-32-28-25-22-21-23-26-30-34-38-42-46-50-56(61)58-54(53-59)55(60)49-45-41-37-33-29-14-12-10-8-6-4-2/h16-17,45,49,54-55,59-60H,3-15,18-44,46-48,50-53H2,1-2H3,(H,58,61)/b17-16-,49-45+. The molecule has 1 amide bonds. The number of hydrogen-bond donors (Lipinski definition) is 3. The van der Waals surface area contributed by atoms with Crippen LogP contribution in [0.1, 0.15) is 303 Å². The molecule has 2 atom stereocenters. The first-order valence-electron chi connectivity index (χ1n) is 28.1. The van der Waals surface area contributed by atoms with Gasteiger partial charge in [-0.15, -0.1) is 0 Å². The van der Waals surface area contributed by atoms with Crippen molar-refractivity contribution in [2.75, 3.05) is 13.2 Å². The summed E-state index contributed by atoms with van der Waals surface area (Å²) in [5.41, 5.74) is 0. The highest BCUT2D eigenvalue weighted by Gasteiger charge is 2.18. The molecule has 0 aliphatic rings. The summed E-state index contributed by atoms with van der Waals surface area (Å²) in [4.78, 5) is 24.5. The van der Waals surface area contributed by atoms with Crippen LogP contribution in [0.2, 0.25) is 0 Å². The topological polar surface area (TPSA) is 95.9 Å². The molecule has 63 heavy (non-hydrogen) atoms. The number of hydrogen-bond acceptors (Lipinski definition) is 5. The van der Waals surface area contributed by atoms with Crippen molar-refractivity contribution in [2.24, 2.45) is 0 Å². The zero-order chi connectivity index (χ0) is 45.8. The van der Waals surface area contributed by atoms with Gasteiger partial charge in [-0.1, -0.05) is 256 Å². The van der Waals surface area contributed by atoms with Gasteiger partial charge in [-0.2, -0.15) is 0 Å². The minimum atomic E-state index is -0.847. The summed E-state index contributed by atoms with van der Waals surface area (Å²) >= 11 is 0. The first-order valence-corrected chi connectivity index (χ1v) is 28.1. The number of rotatable bonds is 52. The number of ether oxygens (including phenoxy) is 1. The summed E-state index contributed by atoms with van der Waals surface area (Å²) in [6.07, 6.45) is 63.4. The number of allylic oxidation sites excluding steroid dienone is 3. The van der Waals surface area contributed by atoms with E-state index < -0.39 is 12.1 Å². The normalized spacial score (nSPS) is 12.8. The van der Waals surface area contributed by atoms with Crippen molar-refractivity contribution < 1.29 is 24.5 Å². The lowest BCUT2D eigenvalue weighted by molar-refractivity contribution is -0.143. The second kappa shape index (κ2) is 53.0. The maximum absolute atomic E-state index is 12.4. The van der Waals surface area contributed by atoms with Crippen molar-refractivity contribution in [3.05, 3.63) is 24.3 Å². The second-order valence-electron chi connectivity index (χ2n) is 19.3. The van der Waals surface area contributed by atoms with Crippen LogP contribution in [0.4, 0.5) is 0 Å². The van der Waals surface area contributed by atoms with Gasteiger partial charge in [0.15, 0.2) is 0 Å². The van der Waals surface area contributed by atoms with Crippen LogP contribution in [0.3, 0.4) is 0 Å². The first-order chi connectivity index (χ1) is 31.0. The lowest BCUT2D eigenvalue weighted by Crippen LogP contribution is -2.45. The van der Waals surface area contributed by atoms with E-state index in [9.17, 15) is 19.8 Å². The fraction of sp³-hybridized carbons (Fsp3) is 0.895. The molecule has 0 aromatic rings. The molecule has 0 aliphatic heterocycles. The number of aliphatic hydroxyl groups is 2. The fourth-order valence-electron chi connectivity index (χ4n) is 8.63. The molecule has 6 nitrogen and oxygen atoms in total. The molecule has 0 aromatic heterocycles. The first kappa shape index (κ1) is 61.3. The van der Waals surface area contributed by atoms with E-state index in [1.165, 1.54) is 231 Å². The summed E-state index contributed by atoms with van der Waals surface area (Å²) in [5.74, 6) is -0.0741. The third-order valence-electron chi connectivity index (χ3n) is 13.0. The highest BCUT2D eigenvalue weighted by molar-refractivity contribution is 5.76. The number of aliphatic hydroxyl groups excluding tert-OH is 2. The van der Waals surface area contributed by atoms with E-state index in [4.69, 9.17) is 4.74 Å². The van der Waals surface area contributed by atoms with E-state index in [2.05, 4.69) is 31.3 Å². The van der Waals surface area contributed by atoms with E-state index in [-0.39, 0.29) is 18.5 Å². The third-order valence-corrected chi connectivity index (χ3v) is 13.0. The average Bonchev–Trinajstić information content (AvgIpc) is 3.28. The van der Waals surface area contributed by atoms with Crippen molar-refractivity contribution in [1.29, 1.82) is 0 Å². The number of carbonyl (C=O) groups is 2. The minimum Gasteiger partial charge on any atom is -0.466 e. The number of carbonyl (C=O) groups excluding carboxylic acids is 2. The molecule has 0 heterocycles. The monoisotopic (exact) mass is 888 g/mol. The fourth-order valence-corrected chi connectivity index (χ4v) is 8.63. The SMILES string of the molecule is CCCCCCCC/C=C\CCCCCCCCCCCC(=O)OCCCCCCCCCCCCCCCCCCC(=O)NC(CO)C(O)/C=C/CCCCCCCCCCC. The summed E-state index contributed by atoms with van der Waals surface area (Å²) in [5, 5.41) is 23.0. The van der Waals surface area contributed by atoms with Crippen LogP contribution in [-0.2, 0) is 14.3 Å². The zero-order valence-corrected chi connectivity index (χ0v) is 42.3. The van der Waals surface area contributed by atoms with Crippen LogP contribution in [-0.4, -0.2) is 47.4 Å². The molecule has 3 N–H and O–H groups in total. The van der Waals surface area contributed by atoms with Crippen LogP contribution < -0.4 is 5.32 Å². The van der Waals surface area contributed by atoms with E-state index in [0.29, 0.717) is 19.4 Å². The summed E-state index contributed by atoms with van der Waals surface area (Å²) < 4.78 is 5.49. The van der Waals surface area contributed by atoms with Gasteiger partial charge >= 0.3 is 5.97 Å². The van der Waals surface area contributed by atoms with Gasteiger partial charge in [0.1, 0.15) is 0 Å². The Balaban J connectivity index is 3.40. The molecule has 0 spiro atoms. The van der Waals surface area contributed by atoms with Crippen LogP contribution in [0, 0.1) is 0 Å². The van der Waals surface area contributed by atoms with Crippen molar-refractivity contribution in [1.82, 2.24) is 5.32 Å². The van der Waals surface area contributed by atoms with Crippen molar-refractivity contribution in [3.8, 4) is 0 Å². The number of amides is 1. The van der Waals surface area contributed by atoms with Crippen molar-refractivity contribution >= 4 is 11.9 Å². The molecule has 0 saturated heterocycles. The quantitative estimate of drug-likeness (QED) is 0.0321. The predicted molar refractivity (Wildman–Crippen MR) is 273 cm³/mol. The van der Waals surface area contributed by atoms with E-state index in [0.717, 1.165) is 44.9 Å². The Morgan fingerprint density at radius 1 is 0.429 bits per heavy atom. The van der Waals surface area contributed by atoms with Crippen molar-refractivity contribution in [2.45, 2.75) is 315 Å². The highest BCUT2D eigenvalue weighted by Crippen LogP contribution is 2.16. The molecule has 2 unspecified atom stereocenters. The highest BCUT2D eigenvalue weighted by atomic mass is 16.5. The molecular weight excluding hydrogens is 779 g/mol. The number of esters is 1. The predicted octanol–water partition coefficient (Wildman–Crippen LogP) is 17.1. The smallest absolute Gasteiger partial charge is 0.305 e. The van der Waals surface area contributed by atoms with Gasteiger partial charge in [0.25, 0.3) is 0 Å². The Hall–Kier alpha value is -1.66. The van der Waals surface area contributed by atoms with Gasteiger partial charge in [-0.25, -0.2) is 0 Å². The molecule has 0 fully saturated rings. The Kier molecular flexibility index (Phi) is 51.6. The minimum absolute atomic E-state index is 0.00158. The molecule has 0 radical (unpaired) electrons. The van der Waals surface area contributed by atoms with Crippen molar-refractivity contribution in [3.63, 3.8) is 0 Å². The largest absolute Gasteiger partial charge is 0.466 e. The lowest BCUT2D eigenvalue weighted by atomic mass is 10.0. The molecule has 0 aromatic carbocycles. The second-order valence-corrected chi connectivity index (χ2v) is 19.3. The zero-order valence-electron chi connectivity index (χ0n) is 42.3. The Bertz CT molecular complexity index is 982. The molecule has 6 heteroatoms. The third kappa shape index (κ3) is 49.6. The molecule has 0 bridgehead atoms. The van der Waals surface area contributed by atoms with Gasteiger partial charge in [-0.3, -0.25) is 9.59 Å². The summed E-state index contributed by atoms with van der Waals surface area (Å²) in [6, 6.07) is -0.631. The summed E-state index contributed by atoms with van der Waals surface area (Å²) in [6.45, 7) is 4.88. The van der Waals surface area contributed by atoms with Crippen LogP contribution in [0.25, 0.3) is 0 Å². The maximum Gasteiger partial charge on any atom is 0.305 e. The summed E-state index contributed by atoms with van der Waals surface area (Å²) in [7, 11) is 0. The average molecular weight is 889 g/mol. The van der Waals surface area contributed by atoms with Gasteiger partial charge in [0.2, 0.25) is 5.91 Å². The maximum atomic E-state index is 12.4. The van der Waals surface area contributed by atoms with E-state index in [1.54, 1.807) is 6.08 Å². The molecule has 0 saturated carbocycles. The lowest BCUT2D eigenvalue weighted by Gasteiger charge is -2.20. The van der Waals surface area contributed by atoms with E-state index >= 15 is 0 Å². The number of nitrogens with one attached hydrogen (secondary N) is 1. The molecule has 0 aliphatic carbocycles. The van der Waals surface area contributed by atoms with Crippen LogP contribution in [0.15, 0.2) is 24.3 Å². The van der Waals surface area contributed by atoms with Gasteiger partial charge in [0.05, 0.1) is 25.4 Å².